The van der Waals surface area contributed by atoms with Crippen LogP contribution in [0.15, 0.2) is 31.7 Å². The van der Waals surface area contributed by atoms with Crippen LogP contribution in [0.5, 0.6) is 0 Å². The summed E-state index contributed by atoms with van der Waals surface area (Å²) in [5, 5.41) is 1.41. The number of aromatic nitrogens is 3. The molecule has 2 aromatic heterocycles. The average molecular weight is 286 g/mol. The number of hydrogen-bond acceptors (Lipinski definition) is 5. The van der Waals surface area contributed by atoms with Crippen molar-refractivity contribution in [2.45, 2.75) is 24.1 Å². The van der Waals surface area contributed by atoms with Crippen molar-refractivity contribution < 1.29 is 4.42 Å². The molecule has 0 atom stereocenters. The van der Waals surface area contributed by atoms with Crippen molar-refractivity contribution in [2.24, 2.45) is 0 Å². The molecule has 0 aliphatic carbocycles. The van der Waals surface area contributed by atoms with Crippen LogP contribution in [0.2, 0.25) is 0 Å². The third kappa shape index (κ3) is 2.57. The van der Waals surface area contributed by atoms with Crippen LogP contribution in [0.25, 0.3) is 0 Å². The van der Waals surface area contributed by atoms with E-state index in [4.69, 9.17) is 4.42 Å². The maximum atomic E-state index is 5.43. The van der Waals surface area contributed by atoms with Gasteiger partial charge >= 0.3 is 0 Å². The SMILES string of the molecule is Cc1nc(Sc2cc(Br)ncn2)oc1C. The van der Waals surface area contributed by atoms with Crippen LogP contribution in [0.3, 0.4) is 0 Å². The lowest BCUT2D eigenvalue weighted by Crippen LogP contribution is -1.82. The number of rotatable bonds is 2. The molecule has 4 nitrogen and oxygen atoms in total. The lowest BCUT2D eigenvalue weighted by Gasteiger charge is -1.95. The highest BCUT2D eigenvalue weighted by atomic mass is 79.9. The number of hydrogen-bond donors (Lipinski definition) is 0. The molecule has 0 bridgehead atoms. The van der Waals surface area contributed by atoms with Crippen LogP contribution < -0.4 is 0 Å². The highest BCUT2D eigenvalue weighted by molar-refractivity contribution is 9.10. The van der Waals surface area contributed by atoms with E-state index in [9.17, 15) is 0 Å². The Balaban J connectivity index is 2.22. The standard InChI is InChI=1S/C9H8BrN3OS/c1-5-6(2)14-9(13-5)15-8-3-7(10)11-4-12-8/h3-4H,1-2H3. The summed E-state index contributed by atoms with van der Waals surface area (Å²) in [5.41, 5.74) is 0.908. The zero-order chi connectivity index (χ0) is 10.8. The fraction of sp³-hybridized carbons (Fsp3) is 0.222. The van der Waals surface area contributed by atoms with Gasteiger partial charge in [-0.15, -0.1) is 0 Å². The van der Waals surface area contributed by atoms with E-state index in [0.717, 1.165) is 21.1 Å². The maximum Gasteiger partial charge on any atom is 0.262 e. The summed E-state index contributed by atoms with van der Waals surface area (Å²) < 4.78 is 6.18. The second-order valence-electron chi connectivity index (χ2n) is 2.90. The Bertz CT molecular complexity index is 466. The van der Waals surface area contributed by atoms with Gasteiger partial charge in [0.15, 0.2) is 0 Å². The Morgan fingerprint density at radius 3 is 2.73 bits per heavy atom. The number of nitrogens with zero attached hydrogens (tertiary/aromatic N) is 3. The van der Waals surface area contributed by atoms with Gasteiger partial charge in [0.05, 0.1) is 5.69 Å². The van der Waals surface area contributed by atoms with Crippen LogP contribution in [-0.2, 0) is 0 Å². The molecule has 0 unspecified atom stereocenters. The predicted molar refractivity (Wildman–Crippen MR) is 59.8 cm³/mol. The van der Waals surface area contributed by atoms with Gasteiger partial charge in [-0.05, 0) is 41.5 Å². The molecule has 0 N–H and O–H groups in total. The van der Waals surface area contributed by atoms with E-state index in [-0.39, 0.29) is 0 Å². The molecule has 2 aromatic rings. The molecule has 0 aliphatic heterocycles. The molecule has 0 fully saturated rings. The first kappa shape index (κ1) is 10.6. The molecule has 2 heterocycles. The van der Waals surface area contributed by atoms with Gasteiger partial charge in [-0.3, -0.25) is 0 Å². The van der Waals surface area contributed by atoms with Crippen molar-refractivity contribution in [2.75, 3.05) is 0 Å². The maximum absolute atomic E-state index is 5.43. The molecule has 0 aromatic carbocycles. The van der Waals surface area contributed by atoms with Crippen LogP contribution in [0, 0.1) is 13.8 Å². The second-order valence-corrected chi connectivity index (χ2v) is 4.69. The number of halogens is 1. The van der Waals surface area contributed by atoms with E-state index in [1.165, 1.54) is 18.1 Å². The van der Waals surface area contributed by atoms with Gasteiger partial charge in [-0.2, -0.15) is 0 Å². The van der Waals surface area contributed by atoms with Gasteiger partial charge < -0.3 is 4.42 Å². The van der Waals surface area contributed by atoms with E-state index >= 15 is 0 Å². The van der Waals surface area contributed by atoms with Crippen LogP contribution in [0.4, 0.5) is 0 Å². The van der Waals surface area contributed by atoms with Crippen molar-refractivity contribution in [3.8, 4) is 0 Å². The van der Waals surface area contributed by atoms with Crippen molar-refractivity contribution in [1.29, 1.82) is 0 Å². The van der Waals surface area contributed by atoms with E-state index < -0.39 is 0 Å². The van der Waals surface area contributed by atoms with Gasteiger partial charge in [0, 0.05) is 6.07 Å². The summed E-state index contributed by atoms with van der Waals surface area (Å²) in [6.45, 7) is 3.81. The summed E-state index contributed by atoms with van der Waals surface area (Å²) in [6, 6.07) is 1.82. The van der Waals surface area contributed by atoms with Gasteiger partial charge in [0.25, 0.3) is 5.22 Å². The molecule has 2 rings (SSSR count). The van der Waals surface area contributed by atoms with Crippen molar-refractivity contribution >= 4 is 27.7 Å². The Morgan fingerprint density at radius 2 is 2.13 bits per heavy atom. The highest BCUT2D eigenvalue weighted by Gasteiger charge is 2.08. The minimum absolute atomic E-state index is 0.607. The molecule has 78 valence electrons. The van der Waals surface area contributed by atoms with E-state index in [1.54, 1.807) is 0 Å². The predicted octanol–water partition coefficient (Wildman–Crippen LogP) is 3.00. The van der Waals surface area contributed by atoms with Crippen molar-refractivity contribution in [3.63, 3.8) is 0 Å². The quantitative estimate of drug-likeness (QED) is 0.794. The van der Waals surface area contributed by atoms with E-state index in [0.29, 0.717) is 5.22 Å². The van der Waals surface area contributed by atoms with E-state index in [2.05, 4.69) is 30.9 Å². The number of oxazole rings is 1. The molecule has 15 heavy (non-hydrogen) atoms. The molecule has 0 spiro atoms. The van der Waals surface area contributed by atoms with Crippen LogP contribution in [0.1, 0.15) is 11.5 Å². The third-order valence-electron chi connectivity index (χ3n) is 1.81. The molecule has 0 aliphatic rings. The first-order chi connectivity index (χ1) is 7.15. The first-order valence-corrected chi connectivity index (χ1v) is 5.85. The zero-order valence-electron chi connectivity index (χ0n) is 8.19. The first-order valence-electron chi connectivity index (χ1n) is 4.24. The highest BCUT2D eigenvalue weighted by Crippen LogP contribution is 2.27. The molecule has 6 heteroatoms. The largest absolute Gasteiger partial charge is 0.436 e. The topological polar surface area (TPSA) is 51.8 Å². The molecular weight excluding hydrogens is 278 g/mol. The molecule has 0 saturated carbocycles. The van der Waals surface area contributed by atoms with Crippen molar-refractivity contribution in [1.82, 2.24) is 15.0 Å². The Labute approximate surface area is 99.7 Å². The fourth-order valence-electron chi connectivity index (χ4n) is 0.950. The Hall–Kier alpha value is -0.880. The summed E-state index contributed by atoms with van der Waals surface area (Å²) in [5.74, 6) is 0.839. The lowest BCUT2D eigenvalue weighted by molar-refractivity contribution is 0.431. The second kappa shape index (κ2) is 4.32. The Kier molecular flexibility index (Phi) is 3.06. The summed E-state index contributed by atoms with van der Waals surface area (Å²) in [4.78, 5) is 12.3. The van der Waals surface area contributed by atoms with Crippen LogP contribution in [-0.4, -0.2) is 15.0 Å². The van der Waals surface area contributed by atoms with Crippen molar-refractivity contribution in [3.05, 3.63) is 28.5 Å². The fourth-order valence-corrected chi connectivity index (χ4v) is 2.21. The summed E-state index contributed by atoms with van der Waals surface area (Å²) in [6.07, 6.45) is 1.50. The Morgan fingerprint density at radius 1 is 1.33 bits per heavy atom. The van der Waals surface area contributed by atoms with Gasteiger partial charge in [-0.1, -0.05) is 0 Å². The molecule has 0 radical (unpaired) electrons. The average Bonchev–Trinajstić information content (AvgIpc) is 2.45. The van der Waals surface area contributed by atoms with Crippen LogP contribution >= 0.6 is 27.7 Å². The normalized spacial score (nSPS) is 10.6. The molecular formula is C9H8BrN3OS. The monoisotopic (exact) mass is 285 g/mol. The minimum atomic E-state index is 0.607. The van der Waals surface area contributed by atoms with Gasteiger partial charge in [-0.25, -0.2) is 15.0 Å². The molecule has 0 saturated heterocycles. The molecule has 0 amide bonds. The summed E-state index contributed by atoms with van der Waals surface area (Å²) >= 11 is 4.66. The smallest absolute Gasteiger partial charge is 0.262 e. The van der Waals surface area contributed by atoms with Gasteiger partial charge in [0.1, 0.15) is 21.7 Å². The zero-order valence-corrected chi connectivity index (χ0v) is 10.6. The third-order valence-corrected chi connectivity index (χ3v) is 3.02. The summed E-state index contributed by atoms with van der Waals surface area (Å²) in [7, 11) is 0. The lowest BCUT2D eigenvalue weighted by atomic mass is 10.4. The van der Waals surface area contributed by atoms with E-state index in [1.807, 2.05) is 19.9 Å². The number of aryl methyl sites for hydroxylation is 2. The van der Waals surface area contributed by atoms with Gasteiger partial charge in [0.2, 0.25) is 0 Å². The minimum Gasteiger partial charge on any atom is -0.436 e.